The van der Waals surface area contributed by atoms with E-state index in [4.69, 9.17) is 0 Å². The number of nitrogens with one attached hydrogen (secondary N) is 1. The second-order valence-corrected chi connectivity index (χ2v) is 6.78. The number of hydrogen-bond acceptors (Lipinski definition) is 4. The summed E-state index contributed by atoms with van der Waals surface area (Å²) in [5.74, 6) is -2.45. The van der Waals surface area contributed by atoms with Gasteiger partial charge >= 0.3 is 0 Å². The van der Waals surface area contributed by atoms with Gasteiger partial charge < -0.3 is 9.88 Å². The standard InChI is InChI=1S/C20H21N3O3/c1-12-18(15-5-3-4-6-17(15)22-12)20(26)16(11-21)19(25)14-7-9-23(10-8-14)13(2)24/h3-6,14,16,22H,7-10H2,1-2H3/t16-/m0/s1. The Morgan fingerprint density at radius 2 is 1.88 bits per heavy atom. The number of fused-ring (bicyclic) bond motifs is 1. The third kappa shape index (κ3) is 3.13. The van der Waals surface area contributed by atoms with E-state index in [1.165, 1.54) is 6.92 Å². The quantitative estimate of drug-likeness (QED) is 0.677. The number of nitriles is 1. The van der Waals surface area contributed by atoms with Crippen LogP contribution in [0.5, 0.6) is 0 Å². The lowest BCUT2D eigenvalue weighted by Crippen LogP contribution is -2.41. The number of carbonyl (C=O) groups excluding carboxylic acids is 3. The van der Waals surface area contributed by atoms with Crippen LogP contribution in [0.3, 0.4) is 0 Å². The van der Waals surface area contributed by atoms with Gasteiger partial charge in [-0.05, 0) is 25.8 Å². The topological polar surface area (TPSA) is 94.0 Å². The second kappa shape index (κ2) is 7.12. The number of para-hydroxylation sites is 1. The van der Waals surface area contributed by atoms with Crippen LogP contribution in [-0.2, 0) is 9.59 Å². The monoisotopic (exact) mass is 351 g/mol. The highest BCUT2D eigenvalue weighted by Gasteiger charge is 2.36. The van der Waals surface area contributed by atoms with Crippen molar-refractivity contribution < 1.29 is 14.4 Å². The molecule has 1 aromatic heterocycles. The lowest BCUT2D eigenvalue weighted by atomic mass is 9.82. The van der Waals surface area contributed by atoms with Crippen LogP contribution < -0.4 is 0 Å². The van der Waals surface area contributed by atoms with Crippen LogP contribution in [0.2, 0.25) is 0 Å². The van der Waals surface area contributed by atoms with Gasteiger partial charge in [0.15, 0.2) is 17.5 Å². The molecule has 1 N–H and O–H groups in total. The van der Waals surface area contributed by atoms with E-state index in [1.807, 2.05) is 30.3 Å². The highest BCUT2D eigenvalue weighted by Crippen LogP contribution is 2.28. The lowest BCUT2D eigenvalue weighted by Gasteiger charge is -2.31. The molecule has 26 heavy (non-hydrogen) atoms. The van der Waals surface area contributed by atoms with Gasteiger partial charge in [0.1, 0.15) is 0 Å². The van der Waals surface area contributed by atoms with E-state index >= 15 is 0 Å². The molecule has 0 radical (unpaired) electrons. The van der Waals surface area contributed by atoms with E-state index < -0.39 is 11.7 Å². The van der Waals surface area contributed by atoms with Crippen molar-refractivity contribution in [3.63, 3.8) is 0 Å². The number of H-pyrrole nitrogens is 1. The van der Waals surface area contributed by atoms with Crippen molar-refractivity contribution in [1.29, 1.82) is 5.26 Å². The molecule has 1 aromatic carbocycles. The molecule has 2 heterocycles. The van der Waals surface area contributed by atoms with E-state index in [0.717, 1.165) is 10.9 Å². The third-order valence-corrected chi connectivity index (χ3v) is 5.16. The Morgan fingerprint density at radius 1 is 1.23 bits per heavy atom. The molecule has 1 aliphatic rings. The van der Waals surface area contributed by atoms with Gasteiger partial charge in [0, 0.05) is 48.1 Å². The molecule has 3 rings (SSSR count). The predicted octanol–water partition coefficient (Wildman–Crippen LogP) is 2.63. The highest BCUT2D eigenvalue weighted by atomic mass is 16.2. The van der Waals surface area contributed by atoms with Gasteiger partial charge in [-0.15, -0.1) is 0 Å². The molecule has 0 aliphatic carbocycles. The van der Waals surface area contributed by atoms with Gasteiger partial charge in [0.2, 0.25) is 5.91 Å². The number of carbonyl (C=O) groups is 3. The van der Waals surface area contributed by atoms with E-state index in [0.29, 0.717) is 37.2 Å². The zero-order valence-corrected chi connectivity index (χ0v) is 14.9. The Balaban J connectivity index is 1.83. The van der Waals surface area contributed by atoms with Crippen LogP contribution in [0.4, 0.5) is 0 Å². The van der Waals surface area contributed by atoms with Crippen molar-refractivity contribution in [3.05, 3.63) is 35.5 Å². The fourth-order valence-electron chi connectivity index (χ4n) is 3.70. The number of aromatic nitrogens is 1. The smallest absolute Gasteiger partial charge is 0.219 e. The number of amides is 1. The first-order valence-electron chi connectivity index (χ1n) is 8.74. The molecular weight excluding hydrogens is 330 g/mol. The molecule has 6 nitrogen and oxygen atoms in total. The molecular formula is C20H21N3O3. The second-order valence-electron chi connectivity index (χ2n) is 6.78. The number of ketones is 2. The zero-order valence-electron chi connectivity index (χ0n) is 14.9. The lowest BCUT2D eigenvalue weighted by molar-refractivity contribution is -0.133. The summed E-state index contributed by atoms with van der Waals surface area (Å²) in [7, 11) is 0. The molecule has 0 bridgehead atoms. The molecule has 6 heteroatoms. The molecule has 1 amide bonds. The van der Waals surface area contributed by atoms with Crippen molar-refractivity contribution >= 4 is 28.4 Å². The summed E-state index contributed by atoms with van der Waals surface area (Å²) in [6.07, 6.45) is 0.994. The Labute approximate surface area is 151 Å². The number of Topliss-reactive ketones (excluding diaryl/α,β-unsaturated/α-hetero) is 2. The minimum Gasteiger partial charge on any atom is -0.358 e. The Hall–Kier alpha value is -2.94. The molecule has 1 aliphatic heterocycles. The van der Waals surface area contributed by atoms with Gasteiger partial charge in [-0.1, -0.05) is 18.2 Å². The summed E-state index contributed by atoms with van der Waals surface area (Å²) in [5, 5.41) is 10.3. The zero-order chi connectivity index (χ0) is 18.8. The van der Waals surface area contributed by atoms with Crippen LogP contribution in [0.1, 0.15) is 35.8 Å². The number of hydrogen-bond donors (Lipinski definition) is 1. The average Bonchev–Trinajstić information content (AvgIpc) is 2.97. The summed E-state index contributed by atoms with van der Waals surface area (Å²) in [4.78, 5) is 42.1. The molecule has 1 atom stereocenters. The number of likely N-dealkylation sites (tertiary alicyclic amines) is 1. The largest absolute Gasteiger partial charge is 0.358 e. The van der Waals surface area contributed by atoms with E-state index in [2.05, 4.69) is 4.98 Å². The first-order chi connectivity index (χ1) is 12.4. The summed E-state index contributed by atoms with van der Waals surface area (Å²) in [5.41, 5.74) is 1.89. The highest BCUT2D eigenvalue weighted by molar-refractivity contribution is 6.19. The summed E-state index contributed by atoms with van der Waals surface area (Å²) < 4.78 is 0. The van der Waals surface area contributed by atoms with Crippen molar-refractivity contribution in [3.8, 4) is 6.07 Å². The number of nitrogens with zero attached hydrogens (tertiary/aromatic N) is 2. The maximum absolute atomic E-state index is 13.0. The summed E-state index contributed by atoms with van der Waals surface area (Å²) >= 11 is 0. The number of aryl methyl sites for hydroxylation is 1. The van der Waals surface area contributed by atoms with Crippen molar-refractivity contribution in [2.45, 2.75) is 26.7 Å². The molecule has 2 aromatic rings. The fourth-order valence-corrected chi connectivity index (χ4v) is 3.70. The van der Waals surface area contributed by atoms with Gasteiger partial charge in [0.25, 0.3) is 0 Å². The average molecular weight is 351 g/mol. The van der Waals surface area contributed by atoms with Crippen LogP contribution in [-0.4, -0.2) is 40.4 Å². The van der Waals surface area contributed by atoms with E-state index in [-0.39, 0.29) is 17.6 Å². The summed E-state index contributed by atoms with van der Waals surface area (Å²) in [6, 6.07) is 9.29. The normalized spacial score (nSPS) is 16.3. The van der Waals surface area contributed by atoms with Crippen LogP contribution in [0.15, 0.2) is 24.3 Å². The van der Waals surface area contributed by atoms with E-state index in [9.17, 15) is 19.6 Å². The molecule has 0 unspecified atom stereocenters. The minimum atomic E-state index is -1.30. The number of piperidine rings is 1. The van der Waals surface area contributed by atoms with Crippen molar-refractivity contribution in [1.82, 2.24) is 9.88 Å². The molecule has 1 saturated heterocycles. The maximum Gasteiger partial charge on any atom is 0.219 e. The maximum atomic E-state index is 13.0. The predicted molar refractivity (Wildman–Crippen MR) is 96.5 cm³/mol. The first-order valence-corrected chi connectivity index (χ1v) is 8.74. The summed E-state index contributed by atoms with van der Waals surface area (Å²) in [6.45, 7) is 4.26. The van der Waals surface area contributed by atoms with Crippen LogP contribution >= 0.6 is 0 Å². The number of benzene rings is 1. The van der Waals surface area contributed by atoms with Crippen molar-refractivity contribution in [2.24, 2.45) is 11.8 Å². The Morgan fingerprint density at radius 3 is 2.50 bits per heavy atom. The number of aromatic amines is 1. The molecule has 134 valence electrons. The molecule has 0 spiro atoms. The third-order valence-electron chi connectivity index (χ3n) is 5.16. The number of rotatable bonds is 4. The van der Waals surface area contributed by atoms with Crippen molar-refractivity contribution in [2.75, 3.05) is 13.1 Å². The van der Waals surface area contributed by atoms with Crippen LogP contribution in [0.25, 0.3) is 10.9 Å². The van der Waals surface area contributed by atoms with Gasteiger partial charge in [-0.25, -0.2) is 0 Å². The SMILES string of the molecule is CC(=O)N1CCC(C(=O)[C@H](C#N)C(=O)c2c(C)[nH]c3ccccc23)CC1. The molecule has 1 fully saturated rings. The van der Waals surface area contributed by atoms with Crippen LogP contribution in [0, 0.1) is 30.1 Å². The van der Waals surface area contributed by atoms with Gasteiger partial charge in [-0.3, -0.25) is 14.4 Å². The fraction of sp³-hybridized carbons (Fsp3) is 0.400. The first kappa shape index (κ1) is 17.9. The van der Waals surface area contributed by atoms with E-state index in [1.54, 1.807) is 11.8 Å². The van der Waals surface area contributed by atoms with Gasteiger partial charge in [-0.2, -0.15) is 5.26 Å². The minimum absolute atomic E-state index is 0.0155. The Kier molecular flexibility index (Phi) is 4.90. The van der Waals surface area contributed by atoms with Gasteiger partial charge in [0.05, 0.1) is 6.07 Å². The Bertz CT molecular complexity index is 914. The molecule has 0 saturated carbocycles.